The van der Waals surface area contributed by atoms with Crippen LogP contribution in [0, 0.1) is 12.8 Å². The van der Waals surface area contributed by atoms with Crippen LogP contribution in [0.4, 0.5) is 0 Å². The number of benzene rings is 3. The normalized spacial score (nSPS) is 18.7. The lowest BCUT2D eigenvalue weighted by molar-refractivity contribution is 0.0224. The molecular weight excluding hydrogens is 364 g/mol. The summed E-state index contributed by atoms with van der Waals surface area (Å²) < 4.78 is 18.3. The van der Waals surface area contributed by atoms with Gasteiger partial charge in [-0.15, -0.1) is 0 Å². The average molecular weight is 386 g/mol. The molecule has 0 N–H and O–H groups in total. The van der Waals surface area contributed by atoms with Crippen molar-refractivity contribution in [2.45, 2.75) is 26.4 Å². The maximum absolute atomic E-state index is 12.8. The molecule has 0 fully saturated rings. The van der Waals surface area contributed by atoms with E-state index in [1.54, 1.807) is 0 Å². The number of aryl methyl sites for hydroxylation is 1. The first kappa shape index (κ1) is 17.8. The Bertz CT molecular complexity index is 1130. The molecule has 3 aromatic carbocycles. The quantitative estimate of drug-likeness (QED) is 0.550. The molecule has 2 aliphatic heterocycles. The molecule has 146 valence electrons. The molecule has 4 heteroatoms. The molecule has 4 nitrogen and oxygen atoms in total. The van der Waals surface area contributed by atoms with Gasteiger partial charge in [0.25, 0.3) is 0 Å². The van der Waals surface area contributed by atoms with Crippen LogP contribution >= 0.6 is 0 Å². The minimum Gasteiger partial charge on any atom is -0.493 e. The number of carbonyl (C=O) groups excluding carboxylic acids is 1. The zero-order chi connectivity index (χ0) is 20.2. The highest BCUT2D eigenvalue weighted by molar-refractivity contribution is 5.97. The summed E-state index contributed by atoms with van der Waals surface area (Å²) in [6.45, 7) is 6.86. The summed E-state index contributed by atoms with van der Waals surface area (Å²) in [5.74, 6) is 2.18. The Morgan fingerprint density at radius 2 is 1.66 bits per heavy atom. The summed E-state index contributed by atoms with van der Waals surface area (Å²) in [6, 6.07) is 19.3. The fraction of sp³-hybridized carbons (Fsp3) is 0.240. The highest BCUT2D eigenvalue weighted by Gasteiger charge is 2.53. The van der Waals surface area contributed by atoms with Crippen molar-refractivity contribution in [3.63, 3.8) is 0 Å². The van der Waals surface area contributed by atoms with Crippen LogP contribution in [0.15, 0.2) is 60.7 Å². The van der Waals surface area contributed by atoms with Crippen LogP contribution in [0.5, 0.6) is 17.2 Å². The van der Waals surface area contributed by atoms with Crippen molar-refractivity contribution >= 4 is 5.97 Å². The Kier molecular flexibility index (Phi) is 3.91. The molecule has 1 spiro atoms. The molecule has 2 aliphatic rings. The van der Waals surface area contributed by atoms with Gasteiger partial charge in [0.05, 0.1) is 12.2 Å². The third-order valence-electron chi connectivity index (χ3n) is 5.42. The minimum absolute atomic E-state index is 0.319. The standard InChI is InChI=1S/C25H22O4/c1-15(2)14-27-17-9-11-21-23(13-17)28-22-12-16(3)8-10-20(22)25(21)19-7-5-4-6-18(19)24(26)29-25/h4-13,15H,14H2,1-3H3. The Hall–Kier alpha value is -3.27. The van der Waals surface area contributed by atoms with Crippen LogP contribution < -0.4 is 9.47 Å². The van der Waals surface area contributed by atoms with E-state index in [0.29, 0.717) is 29.6 Å². The van der Waals surface area contributed by atoms with Gasteiger partial charge in [-0.1, -0.05) is 44.2 Å². The van der Waals surface area contributed by atoms with Gasteiger partial charge in [0.15, 0.2) is 5.60 Å². The Morgan fingerprint density at radius 3 is 2.45 bits per heavy atom. The average Bonchev–Trinajstić information content (AvgIpc) is 2.99. The molecule has 0 aliphatic carbocycles. The van der Waals surface area contributed by atoms with Crippen LogP contribution in [0.2, 0.25) is 0 Å². The molecule has 29 heavy (non-hydrogen) atoms. The van der Waals surface area contributed by atoms with E-state index in [2.05, 4.69) is 13.8 Å². The number of hydrogen-bond donors (Lipinski definition) is 0. The van der Waals surface area contributed by atoms with Gasteiger partial charge in [0.2, 0.25) is 0 Å². The van der Waals surface area contributed by atoms with E-state index in [1.807, 2.05) is 67.6 Å². The predicted molar refractivity (Wildman–Crippen MR) is 110 cm³/mol. The van der Waals surface area contributed by atoms with Gasteiger partial charge >= 0.3 is 5.97 Å². The van der Waals surface area contributed by atoms with E-state index < -0.39 is 5.60 Å². The maximum atomic E-state index is 12.8. The van der Waals surface area contributed by atoms with E-state index in [4.69, 9.17) is 14.2 Å². The Morgan fingerprint density at radius 1 is 0.931 bits per heavy atom. The van der Waals surface area contributed by atoms with Crippen molar-refractivity contribution < 1.29 is 19.0 Å². The van der Waals surface area contributed by atoms with Crippen molar-refractivity contribution in [3.8, 4) is 17.2 Å². The maximum Gasteiger partial charge on any atom is 0.340 e. The molecule has 0 aromatic heterocycles. The van der Waals surface area contributed by atoms with Crippen LogP contribution in [-0.2, 0) is 10.3 Å². The van der Waals surface area contributed by atoms with Crippen molar-refractivity contribution in [2.75, 3.05) is 6.61 Å². The summed E-state index contributed by atoms with van der Waals surface area (Å²) >= 11 is 0. The summed E-state index contributed by atoms with van der Waals surface area (Å²) in [6.07, 6.45) is 0. The number of fused-ring (bicyclic) bond motifs is 6. The van der Waals surface area contributed by atoms with Gasteiger partial charge in [-0.3, -0.25) is 0 Å². The molecular formula is C25H22O4. The number of rotatable bonds is 3. The summed E-state index contributed by atoms with van der Waals surface area (Å²) in [5, 5.41) is 0. The van der Waals surface area contributed by atoms with Crippen molar-refractivity contribution in [1.82, 2.24) is 0 Å². The van der Waals surface area contributed by atoms with E-state index >= 15 is 0 Å². The zero-order valence-corrected chi connectivity index (χ0v) is 16.7. The number of esters is 1. The minimum atomic E-state index is -1.01. The van der Waals surface area contributed by atoms with Gasteiger partial charge in [-0.05, 0) is 42.7 Å². The molecule has 0 radical (unpaired) electrons. The monoisotopic (exact) mass is 386 g/mol. The molecule has 2 heterocycles. The summed E-state index contributed by atoms with van der Waals surface area (Å²) in [4.78, 5) is 12.8. The zero-order valence-electron chi connectivity index (χ0n) is 16.7. The molecule has 0 saturated heterocycles. The molecule has 0 amide bonds. The second kappa shape index (κ2) is 6.38. The van der Waals surface area contributed by atoms with E-state index in [0.717, 1.165) is 28.0 Å². The molecule has 1 unspecified atom stereocenters. The molecule has 1 atom stereocenters. The largest absolute Gasteiger partial charge is 0.493 e. The number of ether oxygens (including phenoxy) is 3. The van der Waals surface area contributed by atoms with E-state index in [-0.39, 0.29) is 5.97 Å². The fourth-order valence-electron chi connectivity index (χ4n) is 4.12. The van der Waals surface area contributed by atoms with Gasteiger partial charge in [-0.2, -0.15) is 0 Å². The third-order valence-corrected chi connectivity index (χ3v) is 5.42. The van der Waals surface area contributed by atoms with Crippen LogP contribution in [0.3, 0.4) is 0 Å². The first-order chi connectivity index (χ1) is 14.0. The highest BCUT2D eigenvalue weighted by atomic mass is 16.6. The lowest BCUT2D eigenvalue weighted by Gasteiger charge is -2.36. The van der Waals surface area contributed by atoms with Gasteiger partial charge in [-0.25, -0.2) is 4.79 Å². The molecule has 0 bridgehead atoms. The third kappa shape index (κ3) is 2.63. The smallest absolute Gasteiger partial charge is 0.340 e. The van der Waals surface area contributed by atoms with E-state index in [1.165, 1.54) is 0 Å². The van der Waals surface area contributed by atoms with Crippen molar-refractivity contribution in [2.24, 2.45) is 5.92 Å². The second-order valence-electron chi connectivity index (χ2n) is 8.08. The second-order valence-corrected chi connectivity index (χ2v) is 8.08. The topological polar surface area (TPSA) is 44.8 Å². The Labute approximate surface area is 170 Å². The number of carbonyl (C=O) groups is 1. The van der Waals surface area contributed by atoms with Gasteiger partial charge in [0.1, 0.15) is 17.2 Å². The molecule has 5 rings (SSSR count). The lowest BCUT2D eigenvalue weighted by atomic mass is 9.77. The van der Waals surface area contributed by atoms with E-state index in [9.17, 15) is 4.79 Å². The summed E-state index contributed by atoms with van der Waals surface area (Å²) in [5.41, 5.74) is 3.14. The molecule has 3 aromatic rings. The van der Waals surface area contributed by atoms with Crippen LogP contribution in [0.1, 0.15) is 46.5 Å². The van der Waals surface area contributed by atoms with Crippen molar-refractivity contribution in [1.29, 1.82) is 0 Å². The summed E-state index contributed by atoms with van der Waals surface area (Å²) in [7, 11) is 0. The number of hydrogen-bond acceptors (Lipinski definition) is 4. The highest BCUT2D eigenvalue weighted by Crippen LogP contribution is 2.56. The molecule has 0 saturated carbocycles. The SMILES string of the molecule is Cc1ccc2c(c1)Oc1cc(OCC(C)C)ccc1C21OC(=O)c2ccccc21. The van der Waals surface area contributed by atoms with Crippen LogP contribution in [0.25, 0.3) is 0 Å². The Balaban J connectivity index is 1.74. The van der Waals surface area contributed by atoms with Gasteiger partial charge in [0, 0.05) is 22.8 Å². The van der Waals surface area contributed by atoms with Crippen LogP contribution in [-0.4, -0.2) is 12.6 Å². The van der Waals surface area contributed by atoms with Crippen molar-refractivity contribution in [3.05, 3.63) is 88.5 Å². The fourth-order valence-corrected chi connectivity index (χ4v) is 4.12. The first-order valence-electron chi connectivity index (χ1n) is 9.88. The lowest BCUT2D eigenvalue weighted by Crippen LogP contribution is -2.33. The first-order valence-corrected chi connectivity index (χ1v) is 9.88. The predicted octanol–water partition coefficient (Wildman–Crippen LogP) is 5.60. The van der Waals surface area contributed by atoms with Gasteiger partial charge < -0.3 is 14.2 Å².